The van der Waals surface area contributed by atoms with Gasteiger partial charge in [0, 0.05) is 12.1 Å². The van der Waals surface area contributed by atoms with Crippen LogP contribution in [-0.2, 0) is 23.9 Å². The molecule has 3 amide bonds. The van der Waals surface area contributed by atoms with E-state index in [9.17, 15) is 19.2 Å². The van der Waals surface area contributed by atoms with Crippen LogP contribution in [0.15, 0.2) is 18.2 Å². The van der Waals surface area contributed by atoms with E-state index in [1.165, 1.54) is 0 Å². The SMILES string of the molecule is CCOC(=O)CCNC(=O)C(c1ccc(C)cc1C)N(C(=O)C(NC(=O)OC(C)(C)C)C(C)C)C(C)(C)CC. The lowest BCUT2D eigenvalue weighted by atomic mass is 9.88. The minimum atomic E-state index is -1.00. The fourth-order valence-corrected chi connectivity index (χ4v) is 4.19. The summed E-state index contributed by atoms with van der Waals surface area (Å²) in [5.74, 6) is -1.51. The zero-order chi connectivity index (χ0) is 30.1. The molecular formula is C30H49N3O6. The number of alkyl carbamates (subject to hydrolysis) is 1. The molecule has 39 heavy (non-hydrogen) atoms. The fourth-order valence-electron chi connectivity index (χ4n) is 4.19. The van der Waals surface area contributed by atoms with E-state index in [1.807, 2.05) is 66.7 Å². The highest BCUT2D eigenvalue weighted by Crippen LogP contribution is 2.34. The van der Waals surface area contributed by atoms with E-state index in [1.54, 1.807) is 32.6 Å². The van der Waals surface area contributed by atoms with Crippen LogP contribution in [0.2, 0.25) is 0 Å². The van der Waals surface area contributed by atoms with Gasteiger partial charge in [-0.15, -0.1) is 0 Å². The second-order valence-corrected chi connectivity index (χ2v) is 11.9. The molecule has 1 rings (SSSR count). The van der Waals surface area contributed by atoms with Crippen LogP contribution in [0.3, 0.4) is 0 Å². The predicted octanol–water partition coefficient (Wildman–Crippen LogP) is 4.98. The minimum Gasteiger partial charge on any atom is -0.466 e. The van der Waals surface area contributed by atoms with E-state index >= 15 is 0 Å². The monoisotopic (exact) mass is 547 g/mol. The Labute approximate surface area is 234 Å². The van der Waals surface area contributed by atoms with Gasteiger partial charge in [-0.25, -0.2) is 4.79 Å². The van der Waals surface area contributed by atoms with Crippen molar-refractivity contribution >= 4 is 23.9 Å². The van der Waals surface area contributed by atoms with Crippen molar-refractivity contribution in [3.8, 4) is 0 Å². The smallest absolute Gasteiger partial charge is 0.408 e. The number of nitrogens with zero attached hydrogens (tertiary/aromatic N) is 1. The van der Waals surface area contributed by atoms with Gasteiger partial charge in [-0.1, -0.05) is 44.5 Å². The number of rotatable bonds is 12. The molecule has 2 atom stereocenters. The maximum atomic E-state index is 14.4. The summed E-state index contributed by atoms with van der Waals surface area (Å²) in [5, 5.41) is 5.58. The number of hydrogen-bond acceptors (Lipinski definition) is 6. The normalized spacial score (nSPS) is 13.3. The molecule has 0 aliphatic rings. The van der Waals surface area contributed by atoms with Crippen LogP contribution in [0.1, 0.15) is 97.9 Å². The molecule has 1 aromatic rings. The third-order valence-electron chi connectivity index (χ3n) is 6.52. The summed E-state index contributed by atoms with van der Waals surface area (Å²) in [6.45, 7) is 20.6. The quantitative estimate of drug-likeness (QED) is 0.357. The molecule has 0 saturated heterocycles. The summed E-state index contributed by atoms with van der Waals surface area (Å²) < 4.78 is 10.4. The summed E-state index contributed by atoms with van der Waals surface area (Å²) in [5.41, 5.74) is 1.05. The maximum Gasteiger partial charge on any atom is 0.408 e. The van der Waals surface area contributed by atoms with Crippen molar-refractivity contribution in [2.24, 2.45) is 5.92 Å². The zero-order valence-corrected chi connectivity index (χ0v) is 25.7. The molecule has 9 nitrogen and oxygen atoms in total. The number of nitrogens with one attached hydrogen (secondary N) is 2. The number of carbonyl (C=O) groups excluding carboxylic acids is 4. The molecule has 0 aliphatic heterocycles. The number of carbonyl (C=O) groups is 4. The lowest BCUT2D eigenvalue weighted by Gasteiger charge is -2.45. The van der Waals surface area contributed by atoms with Gasteiger partial charge in [-0.05, 0) is 78.9 Å². The van der Waals surface area contributed by atoms with Gasteiger partial charge in [-0.2, -0.15) is 0 Å². The second kappa shape index (κ2) is 14.3. The summed E-state index contributed by atoms with van der Waals surface area (Å²) >= 11 is 0. The van der Waals surface area contributed by atoms with E-state index in [2.05, 4.69) is 10.6 Å². The predicted molar refractivity (Wildman–Crippen MR) is 152 cm³/mol. The van der Waals surface area contributed by atoms with Crippen molar-refractivity contribution in [2.45, 2.75) is 112 Å². The van der Waals surface area contributed by atoms with Crippen molar-refractivity contribution in [3.05, 3.63) is 34.9 Å². The summed E-state index contributed by atoms with van der Waals surface area (Å²) in [6.07, 6.45) is -0.141. The summed E-state index contributed by atoms with van der Waals surface area (Å²) in [6, 6.07) is 3.79. The number of aryl methyl sites for hydroxylation is 2. The Morgan fingerprint density at radius 3 is 2.10 bits per heavy atom. The van der Waals surface area contributed by atoms with Crippen molar-refractivity contribution in [1.82, 2.24) is 15.5 Å². The van der Waals surface area contributed by atoms with E-state index in [0.29, 0.717) is 12.0 Å². The van der Waals surface area contributed by atoms with Crippen LogP contribution >= 0.6 is 0 Å². The molecule has 220 valence electrons. The number of hydrogen-bond donors (Lipinski definition) is 2. The van der Waals surface area contributed by atoms with Crippen molar-refractivity contribution in [1.29, 1.82) is 0 Å². The van der Waals surface area contributed by atoms with E-state index < -0.39 is 47.1 Å². The van der Waals surface area contributed by atoms with Gasteiger partial charge in [-0.3, -0.25) is 14.4 Å². The molecule has 0 saturated carbocycles. The topological polar surface area (TPSA) is 114 Å². The standard InChI is InChI=1S/C30H49N3O6/c1-12-30(10,11)33(27(36)24(19(3)4)32-28(37)39-29(7,8)9)25(22-15-14-20(5)18-21(22)6)26(35)31-17-16-23(34)38-13-2/h14-15,18-19,24-25H,12-13,16-17H2,1-11H3,(H,31,35)(H,32,37). The minimum absolute atomic E-state index is 0.0130. The highest BCUT2D eigenvalue weighted by atomic mass is 16.6. The van der Waals surface area contributed by atoms with Crippen molar-refractivity contribution in [3.63, 3.8) is 0 Å². The van der Waals surface area contributed by atoms with Crippen LogP contribution in [0.25, 0.3) is 0 Å². The molecule has 0 spiro atoms. The first-order chi connectivity index (χ1) is 17.9. The molecule has 9 heteroatoms. The van der Waals surface area contributed by atoms with Crippen LogP contribution in [0, 0.1) is 19.8 Å². The fraction of sp³-hybridized carbons (Fsp3) is 0.667. The van der Waals surface area contributed by atoms with E-state index in [4.69, 9.17) is 9.47 Å². The van der Waals surface area contributed by atoms with Crippen molar-refractivity contribution in [2.75, 3.05) is 13.2 Å². The summed E-state index contributed by atoms with van der Waals surface area (Å²) in [4.78, 5) is 54.4. The zero-order valence-electron chi connectivity index (χ0n) is 25.7. The van der Waals surface area contributed by atoms with Gasteiger partial charge in [0.1, 0.15) is 17.7 Å². The lowest BCUT2D eigenvalue weighted by molar-refractivity contribution is -0.150. The first-order valence-electron chi connectivity index (χ1n) is 13.8. The van der Waals surface area contributed by atoms with Crippen LogP contribution in [-0.4, -0.2) is 59.1 Å². The van der Waals surface area contributed by atoms with Crippen LogP contribution in [0.5, 0.6) is 0 Å². The number of benzene rings is 1. The molecule has 1 aromatic carbocycles. The van der Waals surface area contributed by atoms with Crippen molar-refractivity contribution < 1.29 is 28.7 Å². The Balaban J connectivity index is 3.61. The Hall–Kier alpha value is -3.10. The Morgan fingerprint density at radius 1 is 1.00 bits per heavy atom. The maximum absolute atomic E-state index is 14.4. The van der Waals surface area contributed by atoms with E-state index in [0.717, 1.165) is 11.1 Å². The van der Waals surface area contributed by atoms with Gasteiger partial charge < -0.3 is 25.0 Å². The molecule has 0 heterocycles. The Kier molecular flexibility index (Phi) is 12.5. The van der Waals surface area contributed by atoms with Gasteiger partial charge in [0.2, 0.25) is 11.8 Å². The number of esters is 1. The number of ether oxygens (including phenoxy) is 2. The Bertz CT molecular complexity index is 1010. The van der Waals surface area contributed by atoms with Gasteiger partial charge >= 0.3 is 12.1 Å². The highest BCUT2D eigenvalue weighted by Gasteiger charge is 2.44. The second-order valence-electron chi connectivity index (χ2n) is 11.9. The molecule has 0 aliphatic carbocycles. The van der Waals surface area contributed by atoms with Gasteiger partial charge in [0.25, 0.3) is 0 Å². The molecule has 0 fully saturated rings. The summed E-state index contributed by atoms with van der Waals surface area (Å²) in [7, 11) is 0. The third kappa shape index (κ3) is 10.2. The third-order valence-corrected chi connectivity index (χ3v) is 6.52. The molecule has 0 bridgehead atoms. The number of amides is 3. The first kappa shape index (κ1) is 33.9. The average molecular weight is 548 g/mol. The Morgan fingerprint density at radius 2 is 1.62 bits per heavy atom. The largest absolute Gasteiger partial charge is 0.466 e. The van der Waals surface area contributed by atoms with Crippen LogP contribution in [0.4, 0.5) is 4.79 Å². The van der Waals surface area contributed by atoms with Gasteiger partial charge in [0.15, 0.2) is 0 Å². The molecule has 0 aromatic heterocycles. The molecule has 2 N–H and O–H groups in total. The molecule has 0 radical (unpaired) electrons. The average Bonchev–Trinajstić information content (AvgIpc) is 2.79. The highest BCUT2D eigenvalue weighted by molar-refractivity contribution is 5.93. The first-order valence-corrected chi connectivity index (χ1v) is 13.8. The van der Waals surface area contributed by atoms with Crippen LogP contribution < -0.4 is 10.6 Å². The molecular weight excluding hydrogens is 498 g/mol. The molecule has 2 unspecified atom stereocenters. The van der Waals surface area contributed by atoms with Gasteiger partial charge in [0.05, 0.1) is 13.0 Å². The van der Waals surface area contributed by atoms with E-state index in [-0.39, 0.29) is 25.5 Å². The lowest BCUT2D eigenvalue weighted by Crippen LogP contribution is -2.60.